The molecule has 0 bridgehead atoms. The molecule has 0 aliphatic heterocycles. The van der Waals surface area contributed by atoms with Crippen molar-refractivity contribution < 1.29 is 17.9 Å². The lowest BCUT2D eigenvalue weighted by Crippen LogP contribution is -2.33. The molecule has 20 heavy (non-hydrogen) atoms. The van der Waals surface area contributed by atoms with Crippen LogP contribution in [0.4, 0.5) is 10.1 Å². The van der Waals surface area contributed by atoms with Crippen LogP contribution in [0.3, 0.4) is 0 Å². The second-order valence-electron chi connectivity index (χ2n) is 5.19. The second kappa shape index (κ2) is 6.07. The van der Waals surface area contributed by atoms with Gasteiger partial charge in [0.1, 0.15) is 10.7 Å². The molecule has 1 aromatic carbocycles. The van der Waals surface area contributed by atoms with Crippen LogP contribution in [0.25, 0.3) is 0 Å². The number of aliphatic hydroxyl groups is 1. The summed E-state index contributed by atoms with van der Waals surface area (Å²) < 4.78 is 40.0. The van der Waals surface area contributed by atoms with Crippen molar-refractivity contribution in [1.82, 2.24) is 4.72 Å². The number of hydrogen-bond acceptors (Lipinski definition) is 4. The predicted octanol–water partition coefficient (Wildman–Crippen LogP) is 1.24. The van der Waals surface area contributed by atoms with Crippen LogP contribution in [0, 0.1) is 11.7 Å². The molecule has 4 N–H and O–H groups in total. The summed E-state index contributed by atoms with van der Waals surface area (Å²) in [6.45, 7) is 0.231. The summed E-state index contributed by atoms with van der Waals surface area (Å²) >= 11 is 0. The van der Waals surface area contributed by atoms with E-state index in [-0.39, 0.29) is 29.1 Å². The summed E-state index contributed by atoms with van der Waals surface area (Å²) in [4.78, 5) is -0.242. The molecule has 0 heterocycles. The summed E-state index contributed by atoms with van der Waals surface area (Å²) in [5.74, 6) is -0.649. The third kappa shape index (κ3) is 3.47. The second-order valence-corrected chi connectivity index (χ2v) is 6.93. The standard InChI is InChI=1S/C13H19FN2O3S/c14-11-5-2-6-12(13(11)15)20(18,19)16-8-9-3-1-4-10(17)7-9/h2,5-6,9-10,16-17H,1,3-4,7-8,15H2. The number of nitrogen functional groups attached to an aromatic ring is 1. The van der Waals surface area contributed by atoms with Crippen LogP contribution in [0.2, 0.25) is 0 Å². The summed E-state index contributed by atoms with van der Waals surface area (Å²) in [5, 5.41) is 9.56. The van der Waals surface area contributed by atoms with Gasteiger partial charge in [-0.25, -0.2) is 17.5 Å². The molecular formula is C13H19FN2O3S. The zero-order valence-corrected chi connectivity index (χ0v) is 11.9. The Balaban J connectivity index is 2.06. The minimum atomic E-state index is -3.83. The van der Waals surface area contributed by atoms with Crippen molar-refractivity contribution >= 4 is 15.7 Å². The van der Waals surface area contributed by atoms with Gasteiger partial charge in [0.25, 0.3) is 0 Å². The van der Waals surface area contributed by atoms with E-state index in [1.54, 1.807) is 0 Å². The molecule has 0 saturated heterocycles. The zero-order valence-electron chi connectivity index (χ0n) is 11.0. The van der Waals surface area contributed by atoms with Gasteiger partial charge in [0.05, 0.1) is 11.8 Å². The van der Waals surface area contributed by atoms with E-state index in [9.17, 15) is 17.9 Å². The van der Waals surface area contributed by atoms with Gasteiger partial charge < -0.3 is 10.8 Å². The molecule has 1 fully saturated rings. The third-order valence-corrected chi connectivity index (χ3v) is 5.10. The molecule has 7 heteroatoms. The Kier molecular flexibility index (Phi) is 4.62. The normalized spacial score (nSPS) is 23.7. The lowest BCUT2D eigenvalue weighted by molar-refractivity contribution is 0.102. The molecule has 1 aromatic rings. The fourth-order valence-corrected chi connectivity index (χ4v) is 3.76. The molecule has 0 aromatic heterocycles. The minimum absolute atomic E-state index is 0.100. The van der Waals surface area contributed by atoms with E-state index in [2.05, 4.69) is 4.72 Å². The molecule has 0 spiro atoms. The van der Waals surface area contributed by atoms with Crippen LogP contribution >= 0.6 is 0 Å². The molecule has 5 nitrogen and oxygen atoms in total. The average molecular weight is 302 g/mol. The van der Waals surface area contributed by atoms with Crippen LogP contribution in [0.1, 0.15) is 25.7 Å². The van der Waals surface area contributed by atoms with Crippen LogP contribution in [0.15, 0.2) is 23.1 Å². The number of anilines is 1. The monoisotopic (exact) mass is 302 g/mol. The van der Waals surface area contributed by atoms with E-state index in [0.717, 1.165) is 25.3 Å². The van der Waals surface area contributed by atoms with Gasteiger partial charge in [0.15, 0.2) is 0 Å². The van der Waals surface area contributed by atoms with E-state index < -0.39 is 15.8 Å². The Morgan fingerprint density at radius 2 is 2.15 bits per heavy atom. The summed E-state index contributed by atoms with van der Waals surface area (Å²) in [6, 6.07) is 3.70. The molecule has 1 saturated carbocycles. The fourth-order valence-electron chi connectivity index (χ4n) is 2.50. The molecule has 0 radical (unpaired) electrons. The Hall–Kier alpha value is -1.18. The molecule has 1 aliphatic rings. The highest BCUT2D eigenvalue weighted by atomic mass is 32.2. The first-order valence-corrected chi connectivity index (χ1v) is 8.10. The number of benzene rings is 1. The first-order valence-electron chi connectivity index (χ1n) is 6.62. The number of rotatable bonds is 4. The Morgan fingerprint density at radius 3 is 2.85 bits per heavy atom. The summed E-state index contributed by atoms with van der Waals surface area (Å²) in [7, 11) is -3.83. The van der Waals surface area contributed by atoms with Crippen molar-refractivity contribution in [1.29, 1.82) is 0 Å². The minimum Gasteiger partial charge on any atom is -0.395 e. The molecule has 112 valence electrons. The first kappa shape index (κ1) is 15.2. The van der Waals surface area contributed by atoms with Gasteiger partial charge in [-0.2, -0.15) is 0 Å². The van der Waals surface area contributed by atoms with Crippen LogP contribution < -0.4 is 10.5 Å². The molecule has 0 amide bonds. The van der Waals surface area contributed by atoms with Crippen molar-refractivity contribution in [3.8, 4) is 0 Å². The number of nitrogens with two attached hydrogens (primary N) is 1. The highest BCUT2D eigenvalue weighted by Gasteiger charge is 2.24. The van der Waals surface area contributed by atoms with Crippen molar-refractivity contribution in [2.24, 2.45) is 5.92 Å². The number of sulfonamides is 1. The number of hydrogen-bond donors (Lipinski definition) is 3. The lowest BCUT2D eigenvalue weighted by atomic mass is 9.87. The highest BCUT2D eigenvalue weighted by Crippen LogP contribution is 2.25. The summed E-state index contributed by atoms with van der Waals surface area (Å²) in [6.07, 6.45) is 2.74. The van der Waals surface area contributed by atoms with Crippen LogP contribution in [-0.4, -0.2) is 26.2 Å². The topological polar surface area (TPSA) is 92.4 Å². The molecular weight excluding hydrogens is 283 g/mol. The van der Waals surface area contributed by atoms with Crippen molar-refractivity contribution in [3.63, 3.8) is 0 Å². The quantitative estimate of drug-likeness (QED) is 0.730. The maximum atomic E-state index is 13.3. The molecule has 2 rings (SSSR count). The Bertz CT molecular complexity index is 577. The maximum Gasteiger partial charge on any atom is 0.242 e. The third-order valence-electron chi connectivity index (χ3n) is 3.62. The highest BCUT2D eigenvalue weighted by molar-refractivity contribution is 7.89. The van der Waals surface area contributed by atoms with Gasteiger partial charge >= 0.3 is 0 Å². The van der Waals surface area contributed by atoms with Gasteiger partial charge in [-0.3, -0.25) is 0 Å². The molecule has 2 unspecified atom stereocenters. The van der Waals surface area contributed by atoms with Crippen molar-refractivity contribution in [2.75, 3.05) is 12.3 Å². The zero-order chi connectivity index (χ0) is 14.8. The molecule has 2 atom stereocenters. The van der Waals surface area contributed by atoms with Gasteiger partial charge in [-0.05, 0) is 37.3 Å². The number of nitrogens with one attached hydrogen (secondary N) is 1. The number of aliphatic hydroxyl groups excluding tert-OH is 1. The average Bonchev–Trinajstić information content (AvgIpc) is 2.40. The van der Waals surface area contributed by atoms with E-state index in [1.165, 1.54) is 12.1 Å². The van der Waals surface area contributed by atoms with E-state index in [0.29, 0.717) is 6.42 Å². The van der Waals surface area contributed by atoms with Crippen LogP contribution in [-0.2, 0) is 10.0 Å². The largest absolute Gasteiger partial charge is 0.395 e. The van der Waals surface area contributed by atoms with Crippen LogP contribution in [0.5, 0.6) is 0 Å². The predicted molar refractivity (Wildman–Crippen MR) is 74.0 cm³/mol. The lowest BCUT2D eigenvalue weighted by Gasteiger charge is -2.25. The smallest absolute Gasteiger partial charge is 0.242 e. The van der Waals surface area contributed by atoms with E-state index in [1.807, 2.05) is 0 Å². The maximum absolute atomic E-state index is 13.3. The van der Waals surface area contributed by atoms with Crippen molar-refractivity contribution in [2.45, 2.75) is 36.7 Å². The number of halogens is 1. The Morgan fingerprint density at radius 1 is 1.40 bits per heavy atom. The van der Waals surface area contributed by atoms with Gasteiger partial charge in [-0.1, -0.05) is 12.5 Å². The summed E-state index contributed by atoms with van der Waals surface area (Å²) in [5.41, 5.74) is 5.09. The van der Waals surface area contributed by atoms with Gasteiger partial charge in [0, 0.05) is 6.54 Å². The Labute approximate surface area is 118 Å². The van der Waals surface area contributed by atoms with Gasteiger partial charge in [-0.15, -0.1) is 0 Å². The first-order chi connectivity index (χ1) is 9.40. The number of para-hydroxylation sites is 1. The molecule has 1 aliphatic carbocycles. The van der Waals surface area contributed by atoms with Crippen molar-refractivity contribution in [3.05, 3.63) is 24.0 Å². The van der Waals surface area contributed by atoms with E-state index in [4.69, 9.17) is 5.73 Å². The van der Waals surface area contributed by atoms with Gasteiger partial charge in [0.2, 0.25) is 10.0 Å². The fraction of sp³-hybridized carbons (Fsp3) is 0.538. The van der Waals surface area contributed by atoms with E-state index >= 15 is 0 Å². The SMILES string of the molecule is Nc1c(F)cccc1S(=O)(=O)NCC1CCCC(O)C1.